The molecule has 2 N–H and O–H groups in total. The summed E-state index contributed by atoms with van der Waals surface area (Å²) in [5.41, 5.74) is 9.35. The summed E-state index contributed by atoms with van der Waals surface area (Å²) >= 11 is 1.90. The standard InChI is InChI=1S/C17H19NOS/c1-12-6-7-14(18)10-17(12)20-11-13-8-9-19-16-5-3-2-4-15(13)16/h2-7,10,13H,8-9,11,18H2,1H3. The summed E-state index contributed by atoms with van der Waals surface area (Å²) in [7, 11) is 0. The molecule has 0 aliphatic carbocycles. The first kappa shape index (κ1) is 13.4. The van der Waals surface area contributed by atoms with Gasteiger partial charge in [-0.25, -0.2) is 0 Å². The summed E-state index contributed by atoms with van der Waals surface area (Å²) in [6.45, 7) is 2.96. The molecule has 1 aliphatic heterocycles. The van der Waals surface area contributed by atoms with Crippen molar-refractivity contribution in [1.29, 1.82) is 0 Å². The first-order valence-corrected chi connectivity index (χ1v) is 7.93. The van der Waals surface area contributed by atoms with E-state index in [0.29, 0.717) is 5.92 Å². The average Bonchev–Trinajstić information content (AvgIpc) is 2.48. The van der Waals surface area contributed by atoms with Gasteiger partial charge >= 0.3 is 0 Å². The minimum absolute atomic E-state index is 0.561. The van der Waals surface area contributed by atoms with Crippen LogP contribution in [0.3, 0.4) is 0 Å². The number of fused-ring (bicyclic) bond motifs is 1. The second-order valence-electron chi connectivity index (χ2n) is 5.21. The Hall–Kier alpha value is -1.61. The lowest BCUT2D eigenvalue weighted by molar-refractivity contribution is 0.273. The van der Waals surface area contributed by atoms with Crippen LogP contribution in [-0.4, -0.2) is 12.4 Å². The molecule has 0 amide bonds. The highest BCUT2D eigenvalue weighted by Gasteiger charge is 2.21. The van der Waals surface area contributed by atoms with E-state index in [1.54, 1.807) is 0 Å². The highest BCUT2D eigenvalue weighted by atomic mass is 32.2. The minimum Gasteiger partial charge on any atom is -0.493 e. The molecule has 1 atom stereocenters. The van der Waals surface area contributed by atoms with Crippen LogP contribution < -0.4 is 10.5 Å². The van der Waals surface area contributed by atoms with Crippen molar-refractivity contribution >= 4 is 17.4 Å². The maximum atomic E-state index is 5.88. The van der Waals surface area contributed by atoms with Crippen LogP contribution in [0.4, 0.5) is 5.69 Å². The predicted molar refractivity (Wildman–Crippen MR) is 85.6 cm³/mol. The fourth-order valence-electron chi connectivity index (χ4n) is 2.55. The highest BCUT2D eigenvalue weighted by molar-refractivity contribution is 7.99. The smallest absolute Gasteiger partial charge is 0.122 e. The Bertz CT molecular complexity index is 612. The summed E-state index contributed by atoms with van der Waals surface area (Å²) in [5.74, 6) is 2.68. The monoisotopic (exact) mass is 285 g/mol. The first-order valence-electron chi connectivity index (χ1n) is 6.94. The largest absolute Gasteiger partial charge is 0.493 e. The zero-order valence-electron chi connectivity index (χ0n) is 11.6. The zero-order chi connectivity index (χ0) is 13.9. The molecule has 2 aromatic carbocycles. The summed E-state index contributed by atoms with van der Waals surface area (Å²) in [6.07, 6.45) is 1.09. The number of nitrogens with two attached hydrogens (primary N) is 1. The van der Waals surface area contributed by atoms with Crippen LogP contribution in [0.1, 0.15) is 23.5 Å². The number of hydrogen-bond donors (Lipinski definition) is 1. The van der Waals surface area contributed by atoms with Crippen LogP contribution in [0.5, 0.6) is 5.75 Å². The predicted octanol–water partition coefficient (Wildman–Crippen LogP) is 4.24. The quantitative estimate of drug-likeness (QED) is 0.677. The van der Waals surface area contributed by atoms with Crippen LogP contribution in [0, 0.1) is 6.92 Å². The molecule has 1 aliphatic rings. The van der Waals surface area contributed by atoms with E-state index in [4.69, 9.17) is 10.5 Å². The fourth-order valence-corrected chi connectivity index (χ4v) is 3.79. The van der Waals surface area contributed by atoms with E-state index in [-0.39, 0.29) is 0 Å². The van der Waals surface area contributed by atoms with Crippen molar-refractivity contribution in [2.45, 2.75) is 24.2 Å². The molecule has 3 rings (SSSR count). The van der Waals surface area contributed by atoms with Gasteiger partial charge in [-0.3, -0.25) is 0 Å². The fraction of sp³-hybridized carbons (Fsp3) is 0.294. The number of ether oxygens (including phenoxy) is 1. The molecule has 0 spiro atoms. The van der Waals surface area contributed by atoms with E-state index in [1.807, 2.05) is 23.9 Å². The second kappa shape index (κ2) is 5.80. The van der Waals surface area contributed by atoms with E-state index >= 15 is 0 Å². The number of benzene rings is 2. The lowest BCUT2D eigenvalue weighted by Crippen LogP contribution is -2.15. The van der Waals surface area contributed by atoms with E-state index in [9.17, 15) is 0 Å². The molecule has 1 unspecified atom stereocenters. The van der Waals surface area contributed by atoms with Crippen molar-refractivity contribution in [3.8, 4) is 5.75 Å². The van der Waals surface area contributed by atoms with Gasteiger partial charge in [0, 0.05) is 22.3 Å². The molecule has 2 aromatic rings. The maximum absolute atomic E-state index is 5.88. The molecular formula is C17H19NOS. The number of nitrogen functional groups attached to an aromatic ring is 1. The summed E-state index contributed by atoms with van der Waals surface area (Å²) in [6, 6.07) is 14.5. The van der Waals surface area contributed by atoms with Crippen LogP contribution in [0.25, 0.3) is 0 Å². The molecule has 20 heavy (non-hydrogen) atoms. The number of rotatable bonds is 3. The molecule has 2 nitrogen and oxygen atoms in total. The highest BCUT2D eigenvalue weighted by Crippen LogP contribution is 2.37. The lowest BCUT2D eigenvalue weighted by Gasteiger charge is -2.25. The average molecular weight is 285 g/mol. The Morgan fingerprint density at radius 2 is 2.10 bits per heavy atom. The van der Waals surface area contributed by atoms with Crippen LogP contribution >= 0.6 is 11.8 Å². The molecule has 0 saturated heterocycles. The molecule has 0 fully saturated rings. The van der Waals surface area contributed by atoms with Gasteiger partial charge in [0.1, 0.15) is 5.75 Å². The van der Waals surface area contributed by atoms with Crippen molar-refractivity contribution in [2.24, 2.45) is 0 Å². The molecule has 3 heteroatoms. The molecule has 0 saturated carbocycles. The van der Waals surface area contributed by atoms with Gasteiger partial charge in [-0.1, -0.05) is 24.3 Å². The van der Waals surface area contributed by atoms with Gasteiger partial charge in [-0.05, 0) is 42.7 Å². The summed E-state index contributed by atoms with van der Waals surface area (Å²) < 4.78 is 5.72. The topological polar surface area (TPSA) is 35.2 Å². The SMILES string of the molecule is Cc1ccc(N)cc1SCC1CCOc2ccccc21. The van der Waals surface area contributed by atoms with Crippen LogP contribution in [0.15, 0.2) is 47.4 Å². The van der Waals surface area contributed by atoms with E-state index < -0.39 is 0 Å². The van der Waals surface area contributed by atoms with Crippen molar-refractivity contribution in [2.75, 3.05) is 18.1 Å². The minimum atomic E-state index is 0.561. The molecule has 104 valence electrons. The molecule has 0 bridgehead atoms. The van der Waals surface area contributed by atoms with Crippen LogP contribution in [0.2, 0.25) is 0 Å². The van der Waals surface area contributed by atoms with E-state index in [2.05, 4.69) is 37.3 Å². The van der Waals surface area contributed by atoms with Gasteiger partial charge in [0.05, 0.1) is 6.61 Å². The lowest BCUT2D eigenvalue weighted by atomic mass is 9.95. The normalized spacial score (nSPS) is 17.4. The number of anilines is 1. The van der Waals surface area contributed by atoms with E-state index in [0.717, 1.165) is 30.2 Å². The third-order valence-corrected chi connectivity index (χ3v) is 5.05. The summed E-state index contributed by atoms with van der Waals surface area (Å²) in [5, 5.41) is 0. The third kappa shape index (κ3) is 2.78. The van der Waals surface area contributed by atoms with Crippen molar-refractivity contribution in [3.05, 3.63) is 53.6 Å². The Balaban J connectivity index is 1.75. The molecule has 0 radical (unpaired) electrons. The van der Waals surface area contributed by atoms with Gasteiger partial charge in [0.15, 0.2) is 0 Å². The van der Waals surface area contributed by atoms with Crippen molar-refractivity contribution in [3.63, 3.8) is 0 Å². The van der Waals surface area contributed by atoms with Crippen molar-refractivity contribution in [1.82, 2.24) is 0 Å². The van der Waals surface area contributed by atoms with E-state index in [1.165, 1.54) is 16.0 Å². The zero-order valence-corrected chi connectivity index (χ0v) is 12.5. The number of para-hydroxylation sites is 1. The molecular weight excluding hydrogens is 266 g/mol. The first-order chi connectivity index (χ1) is 9.74. The Morgan fingerprint density at radius 1 is 1.25 bits per heavy atom. The Morgan fingerprint density at radius 3 is 3.00 bits per heavy atom. The Kier molecular flexibility index (Phi) is 3.88. The van der Waals surface area contributed by atoms with Gasteiger partial charge in [0.25, 0.3) is 0 Å². The number of thioether (sulfide) groups is 1. The number of hydrogen-bond acceptors (Lipinski definition) is 3. The Labute approximate surface area is 124 Å². The second-order valence-corrected chi connectivity index (χ2v) is 6.27. The van der Waals surface area contributed by atoms with Gasteiger partial charge in [-0.2, -0.15) is 0 Å². The third-order valence-electron chi connectivity index (χ3n) is 3.73. The summed E-state index contributed by atoms with van der Waals surface area (Å²) in [4.78, 5) is 1.29. The molecule has 1 heterocycles. The number of aryl methyl sites for hydroxylation is 1. The maximum Gasteiger partial charge on any atom is 0.122 e. The van der Waals surface area contributed by atoms with Crippen LogP contribution in [-0.2, 0) is 0 Å². The van der Waals surface area contributed by atoms with Gasteiger partial charge in [-0.15, -0.1) is 11.8 Å². The van der Waals surface area contributed by atoms with Gasteiger partial charge < -0.3 is 10.5 Å². The van der Waals surface area contributed by atoms with Crippen molar-refractivity contribution < 1.29 is 4.74 Å². The molecule has 0 aromatic heterocycles. The van der Waals surface area contributed by atoms with Gasteiger partial charge in [0.2, 0.25) is 0 Å².